The van der Waals surface area contributed by atoms with Crippen molar-refractivity contribution in [1.29, 1.82) is 0 Å². The lowest BCUT2D eigenvalue weighted by Crippen LogP contribution is -2.42. The maximum absolute atomic E-state index is 12.2. The van der Waals surface area contributed by atoms with Crippen molar-refractivity contribution in [2.75, 3.05) is 20.3 Å². The zero-order valence-corrected chi connectivity index (χ0v) is 12.3. The van der Waals surface area contributed by atoms with E-state index in [9.17, 15) is 4.79 Å². The van der Waals surface area contributed by atoms with Crippen molar-refractivity contribution in [2.24, 2.45) is 5.92 Å². The van der Waals surface area contributed by atoms with Gasteiger partial charge in [0.15, 0.2) is 5.79 Å². The molecule has 0 bridgehead atoms. The number of piperidine rings is 1. The molecule has 3 aliphatic rings. The first-order valence-electron chi connectivity index (χ1n) is 7.35. The van der Waals surface area contributed by atoms with Gasteiger partial charge in [0.1, 0.15) is 18.1 Å². The Bertz CT molecular complexity index is 386. The van der Waals surface area contributed by atoms with Gasteiger partial charge in [-0.1, -0.05) is 6.42 Å². The number of methoxy groups -OCH3 is 1. The average Bonchev–Trinajstić information content (AvgIpc) is 2.97. The Morgan fingerprint density at radius 1 is 1.35 bits per heavy atom. The van der Waals surface area contributed by atoms with Crippen LogP contribution in [-0.4, -0.2) is 55.3 Å². The number of rotatable bonds is 2. The van der Waals surface area contributed by atoms with Gasteiger partial charge in [-0.3, -0.25) is 9.63 Å². The molecule has 0 radical (unpaired) electrons. The first-order valence-corrected chi connectivity index (χ1v) is 7.35. The minimum atomic E-state index is -0.613. The maximum atomic E-state index is 12.2. The summed E-state index contributed by atoms with van der Waals surface area (Å²) in [6.07, 6.45) is 2.66. The molecule has 0 aromatic rings. The summed E-state index contributed by atoms with van der Waals surface area (Å²) in [4.78, 5) is 18.2. The van der Waals surface area contributed by atoms with Gasteiger partial charge >= 0.3 is 5.97 Å². The van der Waals surface area contributed by atoms with E-state index in [0.29, 0.717) is 6.61 Å². The minimum absolute atomic E-state index is 0.105. The molecule has 6 heteroatoms. The highest BCUT2D eigenvalue weighted by atomic mass is 16.8. The molecular weight excluding hydrogens is 262 g/mol. The van der Waals surface area contributed by atoms with Gasteiger partial charge in [-0.05, 0) is 26.7 Å². The molecule has 6 nitrogen and oxygen atoms in total. The summed E-state index contributed by atoms with van der Waals surface area (Å²) < 4.78 is 16.5. The fourth-order valence-corrected chi connectivity index (χ4v) is 3.47. The largest absolute Gasteiger partial charge is 0.469 e. The van der Waals surface area contributed by atoms with Crippen LogP contribution in [-0.2, 0) is 23.8 Å². The lowest BCUT2D eigenvalue weighted by Gasteiger charge is -2.28. The summed E-state index contributed by atoms with van der Waals surface area (Å²) in [5.41, 5.74) is 0. The lowest BCUT2D eigenvalue weighted by atomic mass is 9.87. The highest BCUT2D eigenvalue weighted by molar-refractivity contribution is 5.74. The SMILES string of the molecule is COC(=O)[C@@H]1[C@@H]([C@H]2COC(C)(C)O2)ON2CCCC[C@H]12. The van der Waals surface area contributed by atoms with Gasteiger partial charge in [0.25, 0.3) is 0 Å². The molecule has 3 saturated heterocycles. The summed E-state index contributed by atoms with van der Waals surface area (Å²) >= 11 is 0. The van der Waals surface area contributed by atoms with E-state index in [4.69, 9.17) is 19.0 Å². The van der Waals surface area contributed by atoms with Crippen LogP contribution in [0.1, 0.15) is 33.1 Å². The van der Waals surface area contributed by atoms with E-state index in [1.54, 1.807) is 0 Å². The Morgan fingerprint density at radius 3 is 2.80 bits per heavy atom. The van der Waals surface area contributed by atoms with Crippen molar-refractivity contribution >= 4 is 5.97 Å². The molecule has 4 atom stereocenters. The number of fused-ring (bicyclic) bond motifs is 1. The predicted molar refractivity (Wildman–Crippen MR) is 69.6 cm³/mol. The van der Waals surface area contributed by atoms with E-state index in [2.05, 4.69) is 0 Å². The molecule has 0 amide bonds. The molecule has 3 heterocycles. The third-order valence-corrected chi connectivity index (χ3v) is 4.39. The van der Waals surface area contributed by atoms with E-state index in [1.165, 1.54) is 7.11 Å². The molecule has 20 heavy (non-hydrogen) atoms. The molecule has 3 fully saturated rings. The second-order valence-corrected chi connectivity index (χ2v) is 6.19. The van der Waals surface area contributed by atoms with Crippen molar-refractivity contribution in [1.82, 2.24) is 5.06 Å². The standard InChI is InChI=1S/C14H23NO5/c1-14(2)18-8-10(19-14)12-11(13(16)17-3)9-6-4-5-7-15(9)20-12/h9-12H,4-8H2,1-3H3/t9-,10-,11+,12-/m1/s1. The fourth-order valence-electron chi connectivity index (χ4n) is 3.47. The van der Waals surface area contributed by atoms with E-state index in [-0.39, 0.29) is 30.1 Å². The molecule has 114 valence electrons. The van der Waals surface area contributed by atoms with Crippen molar-refractivity contribution in [3.63, 3.8) is 0 Å². The fraction of sp³-hybridized carbons (Fsp3) is 0.929. The Kier molecular flexibility index (Phi) is 3.75. The number of ether oxygens (including phenoxy) is 3. The number of hydrogen-bond acceptors (Lipinski definition) is 6. The van der Waals surface area contributed by atoms with Gasteiger partial charge in [-0.15, -0.1) is 0 Å². The van der Waals surface area contributed by atoms with Crippen LogP contribution in [0.25, 0.3) is 0 Å². The molecule has 0 unspecified atom stereocenters. The summed E-state index contributed by atoms with van der Waals surface area (Å²) in [7, 11) is 1.43. The van der Waals surface area contributed by atoms with Gasteiger partial charge in [-0.25, -0.2) is 0 Å². The van der Waals surface area contributed by atoms with Crippen LogP contribution >= 0.6 is 0 Å². The summed E-state index contributed by atoms with van der Waals surface area (Å²) in [5, 5.41) is 1.95. The van der Waals surface area contributed by atoms with Crippen molar-refractivity contribution in [3.8, 4) is 0 Å². The molecule has 0 aromatic carbocycles. The molecule has 3 rings (SSSR count). The van der Waals surface area contributed by atoms with Crippen LogP contribution < -0.4 is 0 Å². The van der Waals surface area contributed by atoms with Crippen molar-refractivity contribution in [2.45, 2.75) is 57.1 Å². The van der Waals surface area contributed by atoms with Crippen molar-refractivity contribution in [3.05, 3.63) is 0 Å². The first kappa shape index (κ1) is 14.3. The van der Waals surface area contributed by atoms with Gasteiger partial charge in [0.05, 0.1) is 19.8 Å². The third kappa shape index (κ3) is 2.45. The maximum Gasteiger partial charge on any atom is 0.313 e. The summed E-state index contributed by atoms with van der Waals surface area (Å²) in [6, 6.07) is 0.105. The molecule has 0 N–H and O–H groups in total. The smallest absolute Gasteiger partial charge is 0.313 e. The Morgan fingerprint density at radius 2 is 2.15 bits per heavy atom. The van der Waals surface area contributed by atoms with Crippen LogP contribution in [0.2, 0.25) is 0 Å². The van der Waals surface area contributed by atoms with E-state index >= 15 is 0 Å². The van der Waals surface area contributed by atoms with Gasteiger partial charge in [0, 0.05) is 6.54 Å². The quantitative estimate of drug-likeness (QED) is 0.708. The summed E-state index contributed by atoms with van der Waals surface area (Å²) in [6.45, 7) is 5.07. The topological polar surface area (TPSA) is 57.2 Å². The zero-order chi connectivity index (χ0) is 14.3. The highest BCUT2D eigenvalue weighted by Gasteiger charge is 2.54. The van der Waals surface area contributed by atoms with Gasteiger partial charge < -0.3 is 14.2 Å². The molecule has 3 aliphatic heterocycles. The van der Waals surface area contributed by atoms with Crippen molar-refractivity contribution < 1.29 is 23.8 Å². The van der Waals surface area contributed by atoms with E-state index < -0.39 is 5.79 Å². The monoisotopic (exact) mass is 285 g/mol. The van der Waals surface area contributed by atoms with Crippen LogP contribution in [0.4, 0.5) is 0 Å². The highest BCUT2D eigenvalue weighted by Crippen LogP contribution is 2.39. The van der Waals surface area contributed by atoms with Crippen LogP contribution in [0.15, 0.2) is 0 Å². The number of nitrogens with zero attached hydrogens (tertiary/aromatic N) is 1. The number of esters is 1. The van der Waals surface area contributed by atoms with E-state index in [0.717, 1.165) is 25.8 Å². The van der Waals surface area contributed by atoms with Crippen LogP contribution in [0, 0.1) is 5.92 Å². The number of hydroxylamine groups is 2. The van der Waals surface area contributed by atoms with Crippen LogP contribution in [0.3, 0.4) is 0 Å². The molecule has 0 aromatic heterocycles. The summed E-state index contributed by atoms with van der Waals surface area (Å²) in [5.74, 6) is -1.11. The Labute approximate surface area is 119 Å². The molecule has 0 aliphatic carbocycles. The van der Waals surface area contributed by atoms with Gasteiger partial charge in [-0.2, -0.15) is 5.06 Å². The third-order valence-electron chi connectivity index (χ3n) is 4.39. The number of carbonyl (C=O) groups excluding carboxylic acids is 1. The molecule has 0 spiro atoms. The average molecular weight is 285 g/mol. The normalized spacial score (nSPS) is 40.5. The second kappa shape index (κ2) is 5.26. The zero-order valence-electron chi connectivity index (χ0n) is 12.3. The molecule has 0 saturated carbocycles. The van der Waals surface area contributed by atoms with Crippen LogP contribution in [0.5, 0.6) is 0 Å². The first-order chi connectivity index (χ1) is 9.52. The Hall–Kier alpha value is -0.690. The second-order valence-electron chi connectivity index (χ2n) is 6.19. The minimum Gasteiger partial charge on any atom is -0.469 e. The number of hydrogen-bond donors (Lipinski definition) is 0. The number of carbonyl (C=O) groups is 1. The Balaban J connectivity index is 1.79. The van der Waals surface area contributed by atoms with E-state index in [1.807, 2.05) is 18.9 Å². The molecular formula is C14H23NO5. The predicted octanol–water partition coefficient (Wildman–Crippen LogP) is 1.10. The van der Waals surface area contributed by atoms with Gasteiger partial charge in [0.2, 0.25) is 0 Å². The lowest BCUT2D eigenvalue weighted by molar-refractivity contribution is -0.209.